The van der Waals surface area contributed by atoms with Crippen LogP contribution in [0.25, 0.3) is 0 Å². The Morgan fingerprint density at radius 3 is 2.79 bits per heavy atom. The summed E-state index contributed by atoms with van der Waals surface area (Å²) in [5.41, 5.74) is 2.91. The highest BCUT2D eigenvalue weighted by Gasteiger charge is 2.42. The number of hydrogen-bond donors (Lipinski definition) is 1. The van der Waals surface area contributed by atoms with Crippen LogP contribution < -0.4 is 5.32 Å². The van der Waals surface area contributed by atoms with E-state index in [0.717, 1.165) is 6.42 Å². The normalized spacial score (nSPS) is 21.1. The Balaban J connectivity index is 1.69. The summed E-state index contributed by atoms with van der Waals surface area (Å²) in [5.74, 6) is -2.34. The van der Waals surface area contributed by atoms with Crippen molar-refractivity contribution in [3.63, 3.8) is 0 Å². The molecule has 6 nitrogen and oxygen atoms in total. The zero-order valence-corrected chi connectivity index (χ0v) is 16.1. The Hall–Kier alpha value is -3.22. The van der Waals surface area contributed by atoms with E-state index in [0.29, 0.717) is 24.6 Å². The molecule has 0 radical (unpaired) electrons. The summed E-state index contributed by atoms with van der Waals surface area (Å²) in [6.45, 7) is 3.12. The average Bonchev–Trinajstić information content (AvgIpc) is 2.73. The Morgan fingerprint density at radius 2 is 2.03 bits per heavy atom. The Morgan fingerprint density at radius 1 is 1.24 bits per heavy atom. The van der Waals surface area contributed by atoms with Gasteiger partial charge in [-0.15, -0.1) is 0 Å². The smallest absolute Gasteiger partial charge is 0.321 e. The van der Waals surface area contributed by atoms with Gasteiger partial charge in [0.05, 0.1) is 6.61 Å². The van der Waals surface area contributed by atoms with Crippen molar-refractivity contribution in [1.82, 2.24) is 10.2 Å². The number of fused-ring (bicyclic) bond motifs is 1. The van der Waals surface area contributed by atoms with Gasteiger partial charge in [0.1, 0.15) is 11.9 Å². The Bertz CT molecular complexity index is 975. The molecule has 1 N–H and O–H groups in total. The van der Waals surface area contributed by atoms with Gasteiger partial charge in [0.15, 0.2) is 5.92 Å². The number of halogens is 1. The van der Waals surface area contributed by atoms with E-state index >= 15 is 0 Å². The van der Waals surface area contributed by atoms with Gasteiger partial charge in [0.2, 0.25) is 11.9 Å². The number of nitrogens with zero attached hydrogens (tertiary/aromatic N) is 2. The maximum absolute atomic E-state index is 13.8. The number of ether oxygens (including phenoxy) is 1. The van der Waals surface area contributed by atoms with Crippen molar-refractivity contribution >= 4 is 17.8 Å². The zero-order valence-electron chi connectivity index (χ0n) is 16.1. The van der Waals surface area contributed by atoms with Gasteiger partial charge in [0.25, 0.3) is 0 Å². The van der Waals surface area contributed by atoms with Crippen LogP contribution in [0.2, 0.25) is 0 Å². The summed E-state index contributed by atoms with van der Waals surface area (Å²) in [7, 11) is 0. The van der Waals surface area contributed by atoms with E-state index in [1.54, 1.807) is 19.1 Å². The van der Waals surface area contributed by atoms with Crippen molar-refractivity contribution in [2.75, 3.05) is 13.2 Å². The number of carbonyl (C=O) groups is 2. The highest BCUT2D eigenvalue weighted by Crippen LogP contribution is 2.32. The van der Waals surface area contributed by atoms with Crippen LogP contribution in [0.1, 0.15) is 29.7 Å². The fourth-order valence-corrected chi connectivity index (χ4v) is 3.83. The lowest BCUT2D eigenvalue weighted by Gasteiger charge is -2.36. The van der Waals surface area contributed by atoms with Gasteiger partial charge in [-0.1, -0.05) is 36.4 Å². The Kier molecular flexibility index (Phi) is 5.29. The van der Waals surface area contributed by atoms with E-state index in [4.69, 9.17) is 4.74 Å². The molecule has 29 heavy (non-hydrogen) atoms. The summed E-state index contributed by atoms with van der Waals surface area (Å²) in [6.07, 6.45) is 0.830. The van der Waals surface area contributed by atoms with E-state index in [-0.39, 0.29) is 6.61 Å². The topological polar surface area (TPSA) is 71.0 Å². The third-order valence-corrected chi connectivity index (χ3v) is 5.26. The molecule has 1 amide bonds. The quantitative estimate of drug-likeness (QED) is 0.641. The maximum Gasteiger partial charge on any atom is 0.321 e. The number of hydrogen-bond acceptors (Lipinski definition) is 5. The SMILES string of the molecule is CCOC(=O)[C@H]1C(=O)NC(N2CCc3ccccc3C2)=N[C@@H]1c1cccc(F)c1. The number of carbonyl (C=O) groups excluding carboxylic acids is 2. The number of guanidine groups is 1. The molecule has 150 valence electrons. The second-order valence-corrected chi connectivity index (χ2v) is 7.11. The van der Waals surface area contributed by atoms with Crippen molar-refractivity contribution in [2.24, 2.45) is 10.9 Å². The van der Waals surface area contributed by atoms with Crippen LogP contribution in [0.4, 0.5) is 4.39 Å². The molecule has 0 saturated carbocycles. The molecule has 2 aromatic rings. The van der Waals surface area contributed by atoms with Crippen LogP contribution >= 0.6 is 0 Å². The van der Waals surface area contributed by atoms with Gasteiger partial charge in [-0.3, -0.25) is 14.9 Å². The number of amides is 1. The molecule has 2 aromatic carbocycles. The fourth-order valence-electron chi connectivity index (χ4n) is 3.83. The molecule has 4 rings (SSSR count). The predicted octanol–water partition coefficient (Wildman–Crippen LogP) is 2.59. The van der Waals surface area contributed by atoms with Gasteiger partial charge in [-0.05, 0) is 42.2 Å². The van der Waals surface area contributed by atoms with Crippen molar-refractivity contribution in [2.45, 2.75) is 25.9 Å². The lowest BCUT2D eigenvalue weighted by molar-refractivity contribution is -0.153. The number of esters is 1. The molecule has 0 saturated heterocycles. The molecule has 0 unspecified atom stereocenters. The van der Waals surface area contributed by atoms with Crippen LogP contribution in [-0.4, -0.2) is 35.9 Å². The van der Waals surface area contributed by atoms with E-state index < -0.39 is 29.7 Å². The molecule has 7 heteroatoms. The van der Waals surface area contributed by atoms with Gasteiger partial charge in [-0.25, -0.2) is 9.38 Å². The van der Waals surface area contributed by atoms with Crippen LogP contribution in [0.15, 0.2) is 53.5 Å². The first kappa shape index (κ1) is 19.1. The lowest BCUT2D eigenvalue weighted by atomic mass is 9.91. The van der Waals surface area contributed by atoms with E-state index in [1.165, 1.54) is 23.3 Å². The molecule has 0 spiro atoms. The van der Waals surface area contributed by atoms with Gasteiger partial charge in [0, 0.05) is 13.1 Å². The number of rotatable bonds is 3. The Labute approximate surface area is 168 Å². The summed E-state index contributed by atoms with van der Waals surface area (Å²) in [6, 6.07) is 13.1. The van der Waals surface area contributed by atoms with E-state index in [1.807, 2.05) is 17.0 Å². The minimum atomic E-state index is -1.16. The zero-order chi connectivity index (χ0) is 20.4. The van der Waals surface area contributed by atoms with Crippen LogP contribution in [-0.2, 0) is 27.3 Å². The minimum Gasteiger partial charge on any atom is -0.465 e. The van der Waals surface area contributed by atoms with Crippen LogP contribution in [0.5, 0.6) is 0 Å². The highest BCUT2D eigenvalue weighted by molar-refractivity contribution is 6.08. The summed E-state index contributed by atoms with van der Waals surface area (Å²) in [4.78, 5) is 32.0. The standard InChI is InChI=1S/C22H22FN3O3/c1-2-29-21(28)18-19(15-8-5-9-17(23)12-15)24-22(25-20(18)27)26-11-10-14-6-3-4-7-16(14)13-26/h3-9,12,18-19H,2,10-11,13H2,1H3,(H,24,25,27)/t18-,19-/m1/s1. The van der Waals surface area contributed by atoms with Gasteiger partial charge < -0.3 is 9.64 Å². The second-order valence-electron chi connectivity index (χ2n) is 7.11. The third kappa shape index (κ3) is 3.85. The van der Waals surface area contributed by atoms with E-state index in [2.05, 4.69) is 22.4 Å². The third-order valence-electron chi connectivity index (χ3n) is 5.26. The molecule has 2 atom stereocenters. The minimum absolute atomic E-state index is 0.151. The molecular formula is C22H22FN3O3. The number of aliphatic imine (C=N–C) groups is 1. The van der Waals surface area contributed by atoms with Crippen molar-refractivity contribution in [3.05, 3.63) is 71.0 Å². The summed E-state index contributed by atoms with van der Waals surface area (Å²) in [5, 5.41) is 2.76. The molecule has 0 bridgehead atoms. The van der Waals surface area contributed by atoms with Crippen molar-refractivity contribution in [3.8, 4) is 0 Å². The van der Waals surface area contributed by atoms with Crippen molar-refractivity contribution in [1.29, 1.82) is 0 Å². The van der Waals surface area contributed by atoms with Crippen LogP contribution in [0, 0.1) is 11.7 Å². The molecule has 2 heterocycles. The fraction of sp³-hybridized carbons (Fsp3) is 0.318. The monoisotopic (exact) mass is 395 g/mol. The van der Waals surface area contributed by atoms with Crippen LogP contribution in [0.3, 0.4) is 0 Å². The number of benzene rings is 2. The predicted molar refractivity (Wildman–Crippen MR) is 105 cm³/mol. The average molecular weight is 395 g/mol. The molecule has 0 fully saturated rings. The highest BCUT2D eigenvalue weighted by atomic mass is 19.1. The first-order valence-corrected chi connectivity index (χ1v) is 9.69. The van der Waals surface area contributed by atoms with E-state index in [9.17, 15) is 14.0 Å². The largest absolute Gasteiger partial charge is 0.465 e. The van der Waals surface area contributed by atoms with Gasteiger partial charge in [-0.2, -0.15) is 0 Å². The summed E-state index contributed by atoms with van der Waals surface area (Å²) >= 11 is 0. The maximum atomic E-state index is 13.8. The molecule has 0 aromatic heterocycles. The van der Waals surface area contributed by atoms with Crippen molar-refractivity contribution < 1.29 is 18.7 Å². The number of nitrogens with one attached hydrogen (secondary N) is 1. The second kappa shape index (κ2) is 8.03. The molecule has 0 aliphatic carbocycles. The molecular weight excluding hydrogens is 373 g/mol. The van der Waals surface area contributed by atoms with Gasteiger partial charge >= 0.3 is 5.97 Å². The summed E-state index contributed by atoms with van der Waals surface area (Å²) < 4.78 is 18.9. The molecule has 2 aliphatic rings. The lowest BCUT2D eigenvalue weighted by Crippen LogP contribution is -2.53. The first-order chi connectivity index (χ1) is 14.1. The first-order valence-electron chi connectivity index (χ1n) is 9.69. The molecule has 2 aliphatic heterocycles.